The van der Waals surface area contributed by atoms with E-state index in [-0.39, 0.29) is 11.4 Å². The van der Waals surface area contributed by atoms with E-state index < -0.39 is 11.4 Å². The standard InChI is InChI=1S/C14H8BrFN2O2S/c15-10-6-5-9(21-10)12-17-13(19)11(14(20)18-12)7-1-3-8(16)4-2-7/h1-6H,(H2,17,18,19,20). The Bertz CT molecular complexity index is 858. The molecule has 106 valence electrons. The quantitative estimate of drug-likeness (QED) is 0.725. The Kier molecular flexibility index (Phi) is 3.60. The molecule has 0 aliphatic carbocycles. The molecule has 2 heterocycles. The maximum atomic E-state index is 12.9. The third-order valence-electron chi connectivity index (χ3n) is 2.84. The first-order valence-corrected chi connectivity index (χ1v) is 7.50. The molecule has 0 fully saturated rings. The smallest absolute Gasteiger partial charge is 0.262 e. The molecular weight excluding hydrogens is 359 g/mol. The van der Waals surface area contributed by atoms with Gasteiger partial charge in [0, 0.05) is 0 Å². The highest BCUT2D eigenvalue weighted by atomic mass is 79.9. The minimum absolute atomic E-state index is 0.0226. The van der Waals surface area contributed by atoms with Crippen LogP contribution in [0.5, 0.6) is 5.88 Å². The van der Waals surface area contributed by atoms with Gasteiger partial charge in [0.05, 0.1) is 8.66 Å². The van der Waals surface area contributed by atoms with Gasteiger partial charge in [0.25, 0.3) is 5.56 Å². The van der Waals surface area contributed by atoms with Crippen molar-refractivity contribution in [3.05, 3.63) is 56.4 Å². The fourth-order valence-corrected chi connectivity index (χ4v) is 3.23. The molecule has 0 atom stereocenters. The van der Waals surface area contributed by atoms with Gasteiger partial charge in [-0.3, -0.25) is 4.79 Å². The molecule has 7 heteroatoms. The van der Waals surface area contributed by atoms with Crippen LogP contribution in [0.25, 0.3) is 21.8 Å². The Morgan fingerprint density at radius 2 is 1.90 bits per heavy atom. The van der Waals surface area contributed by atoms with E-state index in [2.05, 4.69) is 25.9 Å². The Morgan fingerprint density at radius 3 is 2.48 bits per heavy atom. The molecule has 2 N–H and O–H groups in total. The van der Waals surface area contributed by atoms with Crippen LogP contribution >= 0.6 is 27.3 Å². The summed E-state index contributed by atoms with van der Waals surface area (Å²) in [6.07, 6.45) is 0. The van der Waals surface area contributed by atoms with Crippen LogP contribution in [0.15, 0.2) is 45.0 Å². The number of aromatic nitrogens is 2. The second-order valence-electron chi connectivity index (χ2n) is 4.22. The van der Waals surface area contributed by atoms with Crippen LogP contribution in [0.1, 0.15) is 0 Å². The predicted molar refractivity (Wildman–Crippen MR) is 82.9 cm³/mol. The van der Waals surface area contributed by atoms with E-state index in [1.165, 1.54) is 35.6 Å². The summed E-state index contributed by atoms with van der Waals surface area (Å²) in [5.74, 6) is -0.508. The number of aromatic amines is 1. The molecule has 0 amide bonds. The van der Waals surface area contributed by atoms with Crippen LogP contribution in [-0.4, -0.2) is 15.1 Å². The van der Waals surface area contributed by atoms with Gasteiger partial charge in [-0.2, -0.15) is 4.98 Å². The monoisotopic (exact) mass is 366 g/mol. The fraction of sp³-hybridized carbons (Fsp3) is 0. The third-order valence-corrected chi connectivity index (χ3v) is 4.47. The Hall–Kier alpha value is -1.99. The summed E-state index contributed by atoms with van der Waals surface area (Å²) < 4.78 is 13.8. The predicted octanol–water partition coefficient (Wildman–Crippen LogP) is 3.77. The highest BCUT2D eigenvalue weighted by molar-refractivity contribution is 9.11. The molecule has 3 rings (SSSR count). The van der Waals surface area contributed by atoms with Gasteiger partial charge in [-0.15, -0.1) is 11.3 Å². The molecule has 2 aromatic heterocycles. The van der Waals surface area contributed by atoms with Gasteiger partial charge < -0.3 is 10.1 Å². The van der Waals surface area contributed by atoms with E-state index in [0.29, 0.717) is 11.4 Å². The van der Waals surface area contributed by atoms with Crippen molar-refractivity contribution in [3.63, 3.8) is 0 Å². The normalized spacial score (nSPS) is 10.8. The van der Waals surface area contributed by atoms with E-state index in [4.69, 9.17) is 0 Å². The van der Waals surface area contributed by atoms with Gasteiger partial charge in [-0.25, -0.2) is 4.39 Å². The van der Waals surface area contributed by atoms with Crippen molar-refractivity contribution in [1.29, 1.82) is 0 Å². The van der Waals surface area contributed by atoms with Crippen LogP contribution in [0.3, 0.4) is 0 Å². The number of hydrogen-bond acceptors (Lipinski definition) is 4. The fourth-order valence-electron chi connectivity index (χ4n) is 1.90. The van der Waals surface area contributed by atoms with Gasteiger partial charge in [0.1, 0.15) is 11.4 Å². The summed E-state index contributed by atoms with van der Waals surface area (Å²) >= 11 is 4.71. The molecule has 1 aromatic carbocycles. The summed E-state index contributed by atoms with van der Waals surface area (Å²) in [6, 6.07) is 8.89. The average Bonchev–Trinajstić information content (AvgIpc) is 2.87. The Balaban J connectivity index is 2.12. The first-order chi connectivity index (χ1) is 10.0. The largest absolute Gasteiger partial charge is 0.493 e. The van der Waals surface area contributed by atoms with E-state index in [1.807, 2.05) is 6.07 Å². The zero-order chi connectivity index (χ0) is 15.0. The molecule has 0 saturated heterocycles. The molecule has 0 saturated carbocycles. The van der Waals surface area contributed by atoms with Gasteiger partial charge in [0.2, 0.25) is 5.88 Å². The lowest BCUT2D eigenvalue weighted by Gasteiger charge is -2.05. The topological polar surface area (TPSA) is 66.0 Å². The van der Waals surface area contributed by atoms with Crippen molar-refractivity contribution in [2.24, 2.45) is 0 Å². The number of benzene rings is 1. The van der Waals surface area contributed by atoms with E-state index >= 15 is 0 Å². The molecule has 0 spiro atoms. The molecular formula is C14H8BrFN2O2S. The number of nitrogens with one attached hydrogen (secondary N) is 1. The number of halogens is 2. The van der Waals surface area contributed by atoms with Crippen molar-refractivity contribution in [1.82, 2.24) is 9.97 Å². The molecule has 0 unspecified atom stereocenters. The number of aromatic hydroxyl groups is 1. The maximum Gasteiger partial charge on any atom is 0.262 e. The number of rotatable bonds is 2. The minimum atomic E-state index is -0.478. The summed E-state index contributed by atoms with van der Waals surface area (Å²) in [4.78, 5) is 19.5. The lowest BCUT2D eigenvalue weighted by Crippen LogP contribution is -2.11. The molecule has 0 radical (unpaired) electrons. The summed E-state index contributed by atoms with van der Waals surface area (Å²) in [7, 11) is 0. The average molecular weight is 367 g/mol. The lowest BCUT2D eigenvalue weighted by atomic mass is 10.1. The third kappa shape index (κ3) is 2.74. The molecule has 0 aliphatic rings. The van der Waals surface area contributed by atoms with Crippen LogP contribution < -0.4 is 5.56 Å². The molecule has 0 bridgehead atoms. The van der Waals surface area contributed by atoms with Crippen molar-refractivity contribution < 1.29 is 9.50 Å². The molecule has 3 aromatic rings. The zero-order valence-corrected chi connectivity index (χ0v) is 12.8. The summed E-state index contributed by atoms with van der Waals surface area (Å²) in [5, 5.41) is 10.0. The van der Waals surface area contributed by atoms with Crippen LogP contribution in [0, 0.1) is 5.82 Å². The van der Waals surface area contributed by atoms with E-state index in [1.54, 1.807) is 6.07 Å². The van der Waals surface area contributed by atoms with E-state index in [0.717, 1.165) is 8.66 Å². The maximum absolute atomic E-state index is 12.9. The second kappa shape index (κ2) is 5.42. The van der Waals surface area contributed by atoms with Crippen molar-refractivity contribution in [2.45, 2.75) is 0 Å². The van der Waals surface area contributed by atoms with Gasteiger partial charge in [-0.1, -0.05) is 12.1 Å². The number of nitrogens with zero attached hydrogens (tertiary/aromatic N) is 1. The molecule has 0 aliphatic heterocycles. The van der Waals surface area contributed by atoms with Crippen LogP contribution in [0.4, 0.5) is 4.39 Å². The Labute approximate surface area is 131 Å². The SMILES string of the molecule is O=c1[nH]c(-c2ccc(Br)s2)nc(O)c1-c1ccc(F)cc1. The minimum Gasteiger partial charge on any atom is -0.493 e. The number of H-pyrrole nitrogens is 1. The first kappa shape index (κ1) is 14.0. The van der Waals surface area contributed by atoms with Crippen molar-refractivity contribution >= 4 is 27.3 Å². The molecule has 21 heavy (non-hydrogen) atoms. The number of hydrogen-bond donors (Lipinski definition) is 2. The van der Waals surface area contributed by atoms with Gasteiger partial charge in [0.15, 0.2) is 5.82 Å². The highest BCUT2D eigenvalue weighted by Gasteiger charge is 2.14. The second-order valence-corrected chi connectivity index (χ2v) is 6.69. The lowest BCUT2D eigenvalue weighted by molar-refractivity contribution is 0.454. The van der Waals surface area contributed by atoms with E-state index in [9.17, 15) is 14.3 Å². The summed E-state index contributed by atoms with van der Waals surface area (Å²) in [5.41, 5.74) is -0.0513. The van der Waals surface area contributed by atoms with Crippen LogP contribution in [-0.2, 0) is 0 Å². The highest BCUT2D eigenvalue weighted by Crippen LogP contribution is 2.31. The summed E-state index contributed by atoms with van der Waals surface area (Å²) in [6.45, 7) is 0. The van der Waals surface area contributed by atoms with Gasteiger partial charge in [-0.05, 0) is 45.8 Å². The van der Waals surface area contributed by atoms with Crippen LogP contribution in [0.2, 0.25) is 0 Å². The van der Waals surface area contributed by atoms with Gasteiger partial charge >= 0.3 is 0 Å². The first-order valence-electron chi connectivity index (χ1n) is 5.89. The van der Waals surface area contributed by atoms with Crippen molar-refractivity contribution in [3.8, 4) is 27.7 Å². The Morgan fingerprint density at radius 1 is 1.19 bits per heavy atom. The van der Waals surface area contributed by atoms with Crippen molar-refractivity contribution in [2.75, 3.05) is 0 Å². The number of thiophene rings is 1. The molecule has 4 nitrogen and oxygen atoms in total. The zero-order valence-electron chi connectivity index (χ0n) is 10.4.